The van der Waals surface area contributed by atoms with E-state index in [2.05, 4.69) is 111 Å². The van der Waals surface area contributed by atoms with E-state index in [4.69, 9.17) is 4.74 Å². The molecule has 46 heavy (non-hydrogen) atoms. The number of nitrogens with zero attached hydrogens (tertiary/aromatic N) is 1. The first-order valence-corrected chi connectivity index (χ1v) is 19.9. The molecule has 0 amide bonds. The van der Waals surface area contributed by atoms with Crippen molar-refractivity contribution in [3.63, 3.8) is 0 Å². The minimum atomic E-state index is 0. The second-order valence-electron chi connectivity index (χ2n) is 13.0. The van der Waals surface area contributed by atoms with Crippen molar-refractivity contribution in [3.05, 3.63) is 102 Å². The Morgan fingerprint density at radius 2 is 1.04 bits per heavy atom. The molecule has 0 fully saturated rings. The monoisotopic (exact) mass is 707 g/mol. The van der Waals surface area contributed by atoms with Crippen molar-refractivity contribution in [2.75, 3.05) is 39.6 Å². The highest BCUT2D eigenvalue weighted by atomic mass is 79.9. The van der Waals surface area contributed by atoms with Gasteiger partial charge in [-0.15, -0.1) is 0 Å². The van der Waals surface area contributed by atoms with Crippen molar-refractivity contribution in [2.45, 2.75) is 103 Å². The van der Waals surface area contributed by atoms with Gasteiger partial charge in [0.05, 0.1) is 12.3 Å². The lowest BCUT2D eigenvalue weighted by atomic mass is 9.86. The second kappa shape index (κ2) is 26.1. The van der Waals surface area contributed by atoms with Crippen LogP contribution in [-0.4, -0.2) is 44.5 Å². The average molecular weight is 709 g/mol. The third-order valence-electron chi connectivity index (χ3n) is 8.78. The summed E-state index contributed by atoms with van der Waals surface area (Å²) in [6, 6.07) is 30.7. The summed E-state index contributed by atoms with van der Waals surface area (Å²) in [4.78, 5) is 2.15. The van der Waals surface area contributed by atoms with Gasteiger partial charge in [-0.25, -0.2) is 0 Å². The van der Waals surface area contributed by atoms with Crippen LogP contribution in [-0.2, 0) is 0 Å². The number of benzene rings is 3. The zero-order valence-corrected chi connectivity index (χ0v) is 32.1. The van der Waals surface area contributed by atoms with E-state index in [-0.39, 0.29) is 17.0 Å². The molecule has 0 N–H and O–H groups in total. The van der Waals surface area contributed by atoms with E-state index in [1.165, 1.54) is 130 Å². The minimum Gasteiger partial charge on any atom is -1.00 e. The van der Waals surface area contributed by atoms with Gasteiger partial charge in [0.1, 0.15) is 12.4 Å². The standard InChI is InChI=1S/C42H62NOP.BrH/c1-4-5-6-7-13-22-35-45-36-23-14-11-9-8-10-12-21-28-41(37-24-17-15-18-25-37)42(38-26-19-16-20-27-38)39-29-31-40(32-30-39)44-34-33-43(2)3;/h15-20,24-27,29-32,45H,4-14,21-23,28,33-36H2,1-3H3;1H/b42-41-;. The summed E-state index contributed by atoms with van der Waals surface area (Å²) in [6.07, 6.45) is 23.9. The van der Waals surface area contributed by atoms with E-state index < -0.39 is 0 Å². The van der Waals surface area contributed by atoms with Crippen LogP contribution in [0.15, 0.2) is 84.9 Å². The van der Waals surface area contributed by atoms with Crippen LogP contribution >= 0.6 is 8.58 Å². The molecule has 0 saturated carbocycles. The van der Waals surface area contributed by atoms with E-state index in [0.717, 1.165) is 18.7 Å². The zero-order chi connectivity index (χ0) is 31.8. The van der Waals surface area contributed by atoms with Gasteiger partial charge in [-0.05, 0) is 101 Å². The predicted molar refractivity (Wildman–Crippen MR) is 204 cm³/mol. The number of ether oxygens (including phenoxy) is 1. The minimum absolute atomic E-state index is 0. The normalized spacial score (nSPS) is 12.0. The molecule has 0 aliphatic rings. The van der Waals surface area contributed by atoms with Crippen molar-refractivity contribution in [2.24, 2.45) is 0 Å². The van der Waals surface area contributed by atoms with Gasteiger partial charge in [0.15, 0.2) is 0 Å². The second-order valence-corrected chi connectivity index (χ2v) is 14.7. The highest BCUT2D eigenvalue weighted by Crippen LogP contribution is 2.36. The van der Waals surface area contributed by atoms with Gasteiger partial charge in [-0.1, -0.05) is 138 Å². The lowest BCUT2D eigenvalue weighted by Crippen LogP contribution is -3.00. The first-order valence-electron chi connectivity index (χ1n) is 18.2. The first-order chi connectivity index (χ1) is 22.2. The molecule has 0 radical (unpaired) electrons. The molecule has 3 rings (SSSR count). The number of hydrogen-bond donors (Lipinski definition) is 0. The van der Waals surface area contributed by atoms with Crippen LogP contribution in [0.1, 0.15) is 120 Å². The third-order valence-corrected chi connectivity index (χ3v) is 10.4. The Labute approximate surface area is 295 Å². The van der Waals surface area contributed by atoms with Gasteiger partial charge in [-0.2, -0.15) is 0 Å². The zero-order valence-electron chi connectivity index (χ0n) is 29.3. The van der Waals surface area contributed by atoms with Gasteiger partial charge in [0, 0.05) is 6.54 Å². The highest BCUT2D eigenvalue weighted by Gasteiger charge is 2.14. The van der Waals surface area contributed by atoms with Gasteiger partial charge >= 0.3 is 0 Å². The van der Waals surface area contributed by atoms with Crippen LogP contribution in [0.5, 0.6) is 5.75 Å². The molecule has 0 aliphatic carbocycles. The van der Waals surface area contributed by atoms with Gasteiger partial charge in [0.25, 0.3) is 0 Å². The van der Waals surface area contributed by atoms with Crippen molar-refractivity contribution in [1.82, 2.24) is 4.90 Å². The fourth-order valence-corrected chi connectivity index (χ4v) is 7.54. The van der Waals surface area contributed by atoms with E-state index >= 15 is 0 Å². The topological polar surface area (TPSA) is 12.5 Å². The van der Waals surface area contributed by atoms with E-state index in [9.17, 15) is 0 Å². The molecule has 1 unspecified atom stereocenters. The molecule has 0 heterocycles. The van der Waals surface area contributed by atoms with Gasteiger partial charge in [0.2, 0.25) is 0 Å². The molecule has 3 aromatic carbocycles. The van der Waals surface area contributed by atoms with Crippen molar-refractivity contribution >= 4 is 19.7 Å². The van der Waals surface area contributed by atoms with Crippen molar-refractivity contribution in [1.29, 1.82) is 0 Å². The summed E-state index contributed by atoms with van der Waals surface area (Å²) >= 11 is 0. The molecular weight excluding hydrogens is 645 g/mol. The predicted octanol–water partition coefficient (Wildman–Crippen LogP) is 8.87. The molecule has 0 aromatic heterocycles. The summed E-state index contributed by atoms with van der Waals surface area (Å²) in [5, 5.41) is 0. The summed E-state index contributed by atoms with van der Waals surface area (Å²) in [7, 11) is 4.87. The van der Waals surface area contributed by atoms with Crippen molar-refractivity contribution in [3.8, 4) is 5.75 Å². The molecule has 0 saturated heterocycles. The van der Waals surface area contributed by atoms with Gasteiger partial charge < -0.3 is 26.6 Å². The maximum absolute atomic E-state index is 6.01. The van der Waals surface area contributed by atoms with Gasteiger partial charge in [-0.3, -0.25) is 0 Å². The third kappa shape index (κ3) is 16.8. The Balaban J connectivity index is 0.00000736. The fraction of sp³-hybridized carbons (Fsp3) is 0.524. The number of rotatable bonds is 25. The highest BCUT2D eigenvalue weighted by molar-refractivity contribution is 7.37. The summed E-state index contributed by atoms with van der Waals surface area (Å²) in [5.74, 6) is 0.934. The fourth-order valence-electron chi connectivity index (χ4n) is 6.10. The number of hydrogen-bond acceptors (Lipinski definition) is 2. The summed E-state index contributed by atoms with van der Waals surface area (Å²) in [5.41, 5.74) is 6.67. The quantitative estimate of drug-likeness (QED) is 0.0496. The Hall–Kier alpha value is -1.93. The lowest BCUT2D eigenvalue weighted by molar-refractivity contribution is -0.00000987. The molecular formula is C42H63BrNOP. The molecule has 0 bridgehead atoms. The average Bonchev–Trinajstić information content (AvgIpc) is 3.07. The largest absolute Gasteiger partial charge is 1.00 e. The maximum atomic E-state index is 6.01. The van der Waals surface area contributed by atoms with Crippen LogP contribution in [0.3, 0.4) is 0 Å². The smallest absolute Gasteiger partial charge is 0.119 e. The number of allylic oxidation sites excluding steroid dienone is 1. The van der Waals surface area contributed by atoms with Crippen LogP contribution in [0.2, 0.25) is 0 Å². The van der Waals surface area contributed by atoms with Crippen LogP contribution < -0.4 is 21.7 Å². The first kappa shape index (κ1) is 40.2. The van der Waals surface area contributed by atoms with Crippen LogP contribution in [0.4, 0.5) is 0 Å². The van der Waals surface area contributed by atoms with Crippen LogP contribution in [0, 0.1) is 0 Å². The Bertz CT molecular complexity index is 1160. The molecule has 3 aromatic rings. The SMILES string of the molecule is CCCCCCCC[PH2+]CCCCCCCCCC/C(=C(\c1ccccc1)c1ccc(OCCN(C)C)cc1)c1ccccc1.[Br-]. The Morgan fingerprint density at radius 3 is 1.59 bits per heavy atom. The number of halogens is 1. The molecule has 4 heteroatoms. The molecule has 1 atom stereocenters. The molecule has 0 aliphatic heterocycles. The van der Waals surface area contributed by atoms with E-state index in [1.807, 2.05) is 0 Å². The number of likely N-dealkylation sites (N-methyl/N-ethyl adjacent to an activating group) is 1. The Kier molecular flexibility index (Phi) is 22.8. The molecule has 0 spiro atoms. The number of unbranched alkanes of at least 4 members (excludes halogenated alkanes) is 12. The molecule has 2 nitrogen and oxygen atoms in total. The summed E-state index contributed by atoms with van der Waals surface area (Å²) in [6.45, 7) is 3.91. The van der Waals surface area contributed by atoms with E-state index in [0.29, 0.717) is 15.2 Å². The maximum Gasteiger partial charge on any atom is 0.119 e. The van der Waals surface area contributed by atoms with E-state index in [1.54, 1.807) is 0 Å². The summed E-state index contributed by atoms with van der Waals surface area (Å²) < 4.78 is 6.01. The Morgan fingerprint density at radius 1 is 0.565 bits per heavy atom. The lowest BCUT2D eigenvalue weighted by Gasteiger charge is -2.18. The van der Waals surface area contributed by atoms with Crippen molar-refractivity contribution < 1.29 is 21.7 Å². The van der Waals surface area contributed by atoms with Crippen LogP contribution in [0.25, 0.3) is 11.1 Å². The molecule has 254 valence electrons.